The van der Waals surface area contributed by atoms with Crippen molar-refractivity contribution in [3.05, 3.63) is 15.3 Å². The van der Waals surface area contributed by atoms with Gasteiger partial charge in [0.25, 0.3) is 0 Å². The molecule has 1 aromatic rings. The van der Waals surface area contributed by atoms with Gasteiger partial charge in [0.1, 0.15) is 18.5 Å². The zero-order valence-electron chi connectivity index (χ0n) is 7.16. The number of thiophene rings is 1. The van der Waals surface area contributed by atoms with Gasteiger partial charge in [-0.25, -0.2) is 0 Å². The molecule has 3 nitrogen and oxygen atoms in total. The summed E-state index contributed by atoms with van der Waals surface area (Å²) in [6, 6.07) is 0. The van der Waals surface area contributed by atoms with Crippen molar-refractivity contribution in [2.75, 3.05) is 13.2 Å². The minimum Gasteiger partial charge on any atom is -0.490 e. The molecule has 0 saturated carbocycles. The van der Waals surface area contributed by atoms with Crippen molar-refractivity contribution in [2.24, 2.45) is 0 Å². The van der Waals surface area contributed by atoms with Gasteiger partial charge in [-0.15, -0.1) is 11.3 Å². The summed E-state index contributed by atoms with van der Waals surface area (Å²) in [7, 11) is 0. The van der Waals surface area contributed by atoms with Gasteiger partial charge in [0.2, 0.25) is 0 Å². The van der Waals surface area contributed by atoms with Crippen LogP contribution in [0.3, 0.4) is 0 Å². The quantitative estimate of drug-likeness (QED) is 0.811. The molecular weight excluding hydrogens is 212 g/mol. The summed E-state index contributed by atoms with van der Waals surface area (Å²) in [5.74, 6) is 0.669. The Balaban J connectivity index is 2.50. The van der Waals surface area contributed by atoms with Crippen LogP contribution in [0.2, 0.25) is 4.34 Å². The Kier molecular flexibility index (Phi) is 3.99. The van der Waals surface area contributed by atoms with Crippen molar-refractivity contribution in [1.82, 2.24) is 0 Å². The number of aliphatic hydroxyl groups excluding tert-OH is 2. The molecule has 0 fully saturated rings. The first-order valence-electron chi connectivity index (χ1n) is 3.80. The van der Waals surface area contributed by atoms with Crippen LogP contribution in [0.25, 0.3) is 0 Å². The Bertz CT molecular complexity index is 274. The molecule has 1 rings (SSSR count). The van der Waals surface area contributed by atoms with Crippen molar-refractivity contribution in [2.45, 2.75) is 13.0 Å². The first-order valence-corrected chi connectivity index (χ1v) is 5.06. The summed E-state index contributed by atoms with van der Waals surface area (Å²) < 4.78 is 5.91. The van der Waals surface area contributed by atoms with Gasteiger partial charge in [0.05, 0.1) is 10.9 Å². The van der Waals surface area contributed by atoms with Crippen LogP contribution < -0.4 is 4.74 Å². The van der Waals surface area contributed by atoms with E-state index < -0.39 is 6.10 Å². The zero-order chi connectivity index (χ0) is 9.84. The summed E-state index contributed by atoms with van der Waals surface area (Å²) in [6.45, 7) is 1.64. The van der Waals surface area contributed by atoms with E-state index in [4.69, 9.17) is 26.6 Å². The van der Waals surface area contributed by atoms with Crippen LogP contribution in [0.15, 0.2) is 5.38 Å². The van der Waals surface area contributed by atoms with Gasteiger partial charge in [-0.1, -0.05) is 11.6 Å². The lowest BCUT2D eigenvalue weighted by Crippen LogP contribution is -2.21. The lowest BCUT2D eigenvalue weighted by molar-refractivity contribution is 0.0535. The highest BCUT2D eigenvalue weighted by atomic mass is 35.5. The molecule has 13 heavy (non-hydrogen) atoms. The lowest BCUT2D eigenvalue weighted by Gasteiger charge is -2.08. The molecule has 0 radical (unpaired) electrons. The Morgan fingerprint density at radius 1 is 1.69 bits per heavy atom. The van der Waals surface area contributed by atoms with E-state index in [1.54, 1.807) is 5.38 Å². The molecule has 0 amide bonds. The molecule has 1 atom stereocenters. The predicted molar refractivity (Wildman–Crippen MR) is 52.7 cm³/mol. The van der Waals surface area contributed by atoms with Crippen LogP contribution >= 0.6 is 22.9 Å². The Hall–Kier alpha value is -0.290. The maximum Gasteiger partial charge on any atom is 0.134 e. The van der Waals surface area contributed by atoms with E-state index in [0.717, 1.165) is 5.56 Å². The molecule has 0 spiro atoms. The Morgan fingerprint density at radius 2 is 2.38 bits per heavy atom. The van der Waals surface area contributed by atoms with Crippen LogP contribution in [0.4, 0.5) is 0 Å². The highest BCUT2D eigenvalue weighted by molar-refractivity contribution is 7.14. The summed E-state index contributed by atoms with van der Waals surface area (Å²) in [6.07, 6.45) is -0.835. The van der Waals surface area contributed by atoms with Crippen LogP contribution in [0.5, 0.6) is 5.75 Å². The standard InChI is InChI=1S/C8H11ClO3S/c1-5-7(4-13-8(5)9)12-3-6(11)2-10/h4,6,10-11H,2-3H2,1H3. The normalized spacial score (nSPS) is 12.9. The summed E-state index contributed by atoms with van der Waals surface area (Å²) >= 11 is 7.19. The fourth-order valence-electron chi connectivity index (χ4n) is 0.760. The van der Waals surface area contributed by atoms with Crippen LogP contribution in [-0.2, 0) is 0 Å². The maximum absolute atomic E-state index is 9.01. The van der Waals surface area contributed by atoms with E-state index in [0.29, 0.717) is 10.1 Å². The monoisotopic (exact) mass is 222 g/mol. The second-order valence-corrected chi connectivity index (χ2v) is 4.13. The second-order valence-electron chi connectivity index (χ2n) is 2.65. The fraction of sp³-hybridized carbons (Fsp3) is 0.500. The Labute approximate surface area is 85.5 Å². The molecule has 0 aliphatic rings. The van der Waals surface area contributed by atoms with E-state index >= 15 is 0 Å². The molecule has 0 bridgehead atoms. The average molecular weight is 223 g/mol. The van der Waals surface area contributed by atoms with Crippen molar-refractivity contribution >= 4 is 22.9 Å². The Morgan fingerprint density at radius 3 is 2.85 bits per heavy atom. The maximum atomic E-state index is 9.01. The number of hydrogen-bond acceptors (Lipinski definition) is 4. The number of ether oxygens (including phenoxy) is 1. The number of aliphatic hydroxyl groups is 2. The molecule has 2 N–H and O–H groups in total. The van der Waals surface area contributed by atoms with Crippen LogP contribution in [0.1, 0.15) is 5.56 Å². The molecule has 0 aromatic carbocycles. The average Bonchev–Trinajstić information content (AvgIpc) is 2.44. The minimum atomic E-state index is -0.835. The molecule has 0 aliphatic carbocycles. The lowest BCUT2D eigenvalue weighted by atomic mass is 10.3. The van der Waals surface area contributed by atoms with Gasteiger partial charge in [-0.2, -0.15) is 0 Å². The molecule has 1 unspecified atom stereocenters. The van der Waals surface area contributed by atoms with Crippen LogP contribution in [0, 0.1) is 6.92 Å². The largest absolute Gasteiger partial charge is 0.490 e. The minimum absolute atomic E-state index is 0.0877. The third-order valence-electron chi connectivity index (χ3n) is 1.58. The molecule has 0 aliphatic heterocycles. The van der Waals surface area contributed by atoms with Crippen molar-refractivity contribution in [1.29, 1.82) is 0 Å². The summed E-state index contributed by atoms with van der Waals surface area (Å²) in [5.41, 5.74) is 0.872. The first-order chi connectivity index (χ1) is 6.15. The first kappa shape index (κ1) is 10.8. The summed E-state index contributed by atoms with van der Waals surface area (Å²) in [5, 5.41) is 19.3. The van der Waals surface area contributed by atoms with Crippen LogP contribution in [-0.4, -0.2) is 29.5 Å². The van der Waals surface area contributed by atoms with Gasteiger partial charge < -0.3 is 14.9 Å². The van der Waals surface area contributed by atoms with E-state index in [2.05, 4.69) is 0 Å². The zero-order valence-corrected chi connectivity index (χ0v) is 8.73. The van der Waals surface area contributed by atoms with Crippen molar-refractivity contribution < 1.29 is 14.9 Å². The molecular formula is C8H11ClO3S. The van der Waals surface area contributed by atoms with Gasteiger partial charge in [0.15, 0.2) is 0 Å². The number of hydrogen-bond donors (Lipinski definition) is 2. The molecule has 5 heteroatoms. The van der Waals surface area contributed by atoms with Gasteiger partial charge in [-0.05, 0) is 6.92 Å². The number of halogens is 1. The summed E-state index contributed by atoms with van der Waals surface area (Å²) in [4.78, 5) is 0. The third kappa shape index (κ3) is 2.84. The van der Waals surface area contributed by atoms with Crippen molar-refractivity contribution in [3.8, 4) is 5.75 Å². The molecule has 74 valence electrons. The number of rotatable bonds is 4. The topological polar surface area (TPSA) is 49.7 Å². The van der Waals surface area contributed by atoms with E-state index in [-0.39, 0.29) is 13.2 Å². The van der Waals surface area contributed by atoms with E-state index in [9.17, 15) is 0 Å². The highest BCUT2D eigenvalue weighted by Crippen LogP contribution is 2.32. The van der Waals surface area contributed by atoms with Gasteiger partial charge >= 0.3 is 0 Å². The smallest absolute Gasteiger partial charge is 0.134 e. The van der Waals surface area contributed by atoms with Crippen molar-refractivity contribution in [3.63, 3.8) is 0 Å². The molecule has 0 saturated heterocycles. The SMILES string of the molecule is Cc1c(OCC(O)CO)csc1Cl. The third-order valence-corrected chi connectivity index (χ3v) is 2.97. The van der Waals surface area contributed by atoms with Gasteiger partial charge in [0, 0.05) is 10.9 Å². The highest BCUT2D eigenvalue weighted by Gasteiger charge is 2.08. The predicted octanol–water partition coefficient (Wildman–Crippen LogP) is 1.44. The van der Waals surface area contributed by atoms with E-state index in [1.807, 2.05) is 6.92 Å². The second kappa shape index (κ2) is 4.81. The molecule has 1 heterocycles. The van der Waals surface area contributed by atoms with Gasteiger partial charge in [-0.3, -0.25) is 0 Å². The molecule has 1 aromatic heterocycles. The fourth-order valence-corrected chi connectivity index (χ4v) is 1.72. The van der Waals surface area contributed by atoms with E-state index in [1.165, 1.54) is 11.3 Å².